The zero-order valence-electron chi connectivity index (χ0n) is 40.6. The molecule has 6 heteroatoms. The largest absolute Gasteiger partial charge is 0.462 e. The van der Waals surface area contributed by atoms with Crippen molar-refractivity contribution in [1.82, 2.24) is 0 Å². The van der Waals surface area contributed by atoms with Crippen molar-refractivity contribution in [2.24, 2.45) is 0 Å². The second kappa shape index (κ2) is 50.5. The van der Waals surface area contributed by atoms with E-state index < -0.39 is 6.10 Å². The molecule has 0 saturated heterocycles. The molecule has 0 aromatic heterocycles. The van der Waals surface area contributed by atoms with Crippen LogP contribution in [0.4, 0.5) is 0 Å². The first-order valence-corrected chi connectivity index (χ1v) is 26.0. The monoisotopic (exact) mass is 865 g/mol. The molecule has 0 saturated carbocycles. The van der Waals surface area contributed by atoms with Crippen molar-refractivity contribution >= 4 is 17.9 Å². The molecule has 0 heterocycles. The van der Waals surface area contributed by atoms with Crippen molar-refractivity contribution < 1.29 is 28.6 Å². The van der Waals surface area contributed by atoms with E-state index in [0.29, 0.717) is 19.3 Å². The molecule has 62 heavy (non-hydrogen) atoms. The van der Waals surface area contributed by atoms with Gasteiger partial charge in [0, 0.05) is 19.3 Å². The van der Waals surface area contributed by atoms with Crippen LogP contribution in [0.3, 0.4) is 0 Å². The van der Waals surface area contributed by atoms with Gasteiger partial charge in [-0.2, -0.15) is 0 Å². The third kappa shape index (κ3) is 47.9. The van der Waals surface area contributed by atoms with Crippen LogP contribution in [0.2, 0.25) is 0 Å². The van der Waals surface area contributed by atoms with Gasteiger partial charge in [-0.15, -0.1) is 0 Å². The lowest BCUT2D eigenvalue weighted by Crippen LogP contribution is -2.30. The molecule has 0 amide bonds. The highest BCUT2D eigenvalue weighted by Crippen LogP contribution is 2.14. The van der Waals surface area contributed by atoms with Crippen LogP contribution in [0, 0.1) is 0 Å². The van der Waals surface area contributed by atoms with E-state index in [4.69, 9.17) is 14.2 Å². The van der Waals surface area contributed by atoms with Crippen LogP contribution < -0.4 is 0 Å². The zero-order valence-corrected chi connectivity index (χ0v) is 40.6. The molecule has 0 spiro atoms. The van der Waals surface area contributed by atoms with E-state index in [0.717, 1.165) is 89.9 Å². The molecule has 0 aromatic carbocycles. The van der Waals surface area contributed by atoms with E-state index in [1.807, 2.05) is 0 Å². The highest BCUT2D eigenvalue weighted by atomic mass is 16.6. The highest BCUT2D eigenvalue weighted by molar-refractivity contribution is 5.71. The minimum absolute atomic E-state index is 0.0895. The standard InChI is InChI=1S/C56H96O6/c1-4-7-10-13-16-19-22-24-26-27-28-30-31-34-37-40-43-46-49-55(58)61-52-53(51-60-54(57)48-45-42-39-36-33-21-18-15-12-9-6-3)62-56(59)50-47-44-41-38-35-32-29-25-23-20-17-14-11-8-5-2/h15-16,18-20,22-24,26-28,30,53H,4-14,17,21,25,29,31-52H2,1-3H3/b18-15-,19-16-,23-20-,24-22-,27-26-,30-28-. The number of ether oxygens (including phenoxy) is 3. The number of esters is 3. The lowest BCUT2D eigenvalue weighted by Gasteiger charge is -2.18. The van der Waals surface area contributed by atoms with Crippen molar-refractivity contribution in [2.45, 2.75) is 252 Å². The molecule has 6 nitrogen and oxygen atoms in total. The summed E-state index contributed by atoms with van der Waals surface area (Å²) in [6, 6.07) is 0. The molecule has 356 valence electrons. The molecule has 0 aliphatic heterocycles. The molecule has 0 fully saturated rings. The quantitative estimate of drug-likeness (QED) is 0.0199. The molecule has 0 bridgehead atoms. The Morgan fingerprint density at radius 2 is 0.613 bits per heavy atom. The van der Waals surface area contributed by atoms with Crippen molar-refractivity contribution in [3.8, 4) is 0 Å². The van der Waals surface area contributed by atoms with Crippen molar-refractivity contribution in [3.63, 3.8) is 0 Å². The summed E-state index contributed by atoms with van der Waals surface area (Å²) in [5, 5.41) is 0. The number of carbonyl (C=O) groups excluding carboxylic acids is 3. The predicted octanol–water partition coefficient (Wildman–Crippen LogP) is 17.0. The van der Waals surface area contributed by atoms with Gasteiger partial charge in [-0.1, -0.05) is 209 Å². The van der Waals surface area contributed by atoms with Crippen molar-refractivity contribution in [3.05, 3.63) is 72.9 Å². The van der Waals surface area contributed by atoms with Gasteiger partial charge in [0.05, 0.1) is 0 Å². The highest BCUT2D eigenvalue weighted by Gasteiger charge is 2.19. The van der Waals surface area contributed by atoms with Crippen molar-refractivity contribution in [1.29, 1.82) is 0 Å². The van der Waals surface area contributed by atoms with E-state index in [-0.39, 0.29) is 31.1 Å². The number of allylic oxidation sites excluding steroid dienone is 12. The summed E-state index contributed by atoms with van der Waals surface area (Å²) in [6.07, 6.45) is 63.0. The maximum Gasteiger partial charge on any atom is 0.306 e. The number of carbonyl (C=O) groups is 3. The van der Waals surface area contributed by atoms with Crippen LogP contribution in [0.1, 0.15) is 245 Å². The third-order valence-electron chi connectivity index (χ3n) is 11.0. The Hall–Kier alpha value is -3.15. The molecule has 0 rings (SSSR count). The average Bonchev–Trinajstić information content (AvgIpc) is 3.27. The predicted molar refractivity (Wildman–Crippen MR) is 265 cm³/mol. The van der Waals surface area contributed by atoms with Gasteiger partial charge in [-0.25, -0.2) is 0 Å². The van der Waals surface area contributed by atoms with E-state index in [1.165, 1.54) is 116 Å². The van der Waals surface area contributed by atoms with Crippen LogP contribution >= 0.6 is 0 Å². The summed E-state index contributed by atoms with van der Waals surface area (Å²) in [6.45, 7) is 6.52. The summed E-state index contributed by atoms with van der Waals surface area (Å²) in [5.74, 6) is -0.925. The van der Waals surface area contributed by atoms with Gasteiger partial charge in [0.2, 0.25) is 0 Å². The first-order valence-electron chi connectivity index (χ1n) is 26.0. The zero-order chi connectivity index (χ0) is 45.1. The van der Waals surface area contributed by atoms with Crippen LogP contribution in [-0.2, 0) is 28.6 Å². The Morgan fingerprint density at radius 3 is 1.03 bits per heavy atom. The Labute approximate surface area is 382 Å². The molecule has 0 aliphatic carbocycles. The molecule has 1 atom stereocenters. The second-order valence-electron chi connectivity index (χ2n) is 17.2. The average molecular weight is 865 g/mol. The second-order valence-corrected chi connectivity index (χ2v) is 17.2. The maximum absolute atomic E-state index is 12.8. The van der Waals surface area contributed by atoms with Crippen LogP contribution in [0.5, 0.6) is 0 Å². The fourth-order valence-corrected chi connectivity index (χ4v) is 7.02. The van der Waals surface area contributed by atoms with Crippen LogP contribution in [-0.4, -0.2) is 37.2 Å². The van der Waals surface area contributed by atoms with Crippen LogP contribution in [0.25, 0.3) is 0 Å². The van der Waals surface area contributed by atoms with E-state index in [2.05, 4.69) is 93.7 Å². The Kier molecular flexibility index (Phi) is 47.9. The Balaban J connectivity index is 4.43. The minimum atomic E-state index is -0.790. The Morgan fingerprint density at radius 1 is 0.323 bits per heavy atom. The van der Waals surface area contributed by atoms with Gasteiger partial charge >= 0.3 is 17.9 Å². The summed E-state index contributed by atoms with van der Waals surface area (Å²) in [7, 11) is 0. The minimum Gasteiger partial charge on any atom is -0.462 e. The SMILES string of the molecule is CCCC/C=C\CCCCCCCC(=O)OCC(COC(=O)CCCCCCC\C=C/C=C\C=C/C=C\CCCCC)OC(=O)CCCCCCCCC/C=C\CCCCCC. The topological polar surface area (TPSA) is 78.9 Å². The van der Waals surface area contributed by atoms with E-state index in [9.17, 15) is 14.4 Å². The molecular weight excluding hydrogens is 769 g/mol. The normalized spacial score (nSPS) is 12.6. The fourth-order valence-electron chi connectivity index (χ4n) is 7.02. The number of unbranched alkanes of at least 4 members (excludes halogenated alkanes) is 26. The third-order valence-corrected chi connectivity index (χ3v) is 11.0. The summed E-state index contributed by atoms with van der Waals surface area (Å²) in [5.41, 5.74) is 0. The van der Waals surface area contributed by atoms with Gasteiger partial charge in [0.25, 0.3) is 0 Å². The van der Waals surface area contributed by atoms with Gasteiger partial charge in [0.1, 0.15) is 13.2 Å². The van der Waals surface area contributed by atoms with Crippen LogP contribution in [0.15, 0.2) is 72.9 Å². The lowest BCUT2D eigenvalue weighted by molar-refractivity contribution is -0.167. The van der Waals surface area contributed by atoms with Gasteiger partial charge in [-0.05, 0) is 89.9 Å². The lowest BCUT2D eigenvalue weighted by atomic mass is 10.1. The van der Waals surface area contributed by atoms with E-state index in [1.54, 1.807) is 0 Å². The molecule has 0 radical (unpaired) electrons. The van der Waals surface area contributed by atoms with Gasteiger partial charge < -0.3 is 14.2 Å². The van der Waals surface area contributed by atoms with Gasteiger partial charge in [0.15, 0.2) is 6.10 Å². The molecule has 1 unspecified atom stereocenters. The first kappa shape index (κ1) is 58.9. The summed E-state index contributed by atoms with van der Waals surface area (Å²) < 4.78 is 16.8. The molecule has 0 aliphatic rings. The molecule has 0 aromatic rings. The smallest absolute Gasteiger partial charge is 0.306 e. The number of hydrogen-bond acceptors (Lipinski definition) is 6. The first-order chi connectivity index (χ1) is 30.5. The molecule has 0 N–H and O–H groups in total. The van der Waals surface area contributed by atoms with E-state index >= 15 is 0 Å². The maximum atomic E-state index is 12.8. The Bertz CT molecular complexity index is 1180. The van der Waals surface area contributed by atoms with Gasteiger partial charge in [-0.3, -0.25) is 14.4 Å². The number of hydrogen-bond donors (Lipinski definition) is 0. The molecular formula is C56H96O6. The fraction of sp³-hybridized carbons (Fsp3) is 0.732. The van der Waals surface area contributed by atoms with Crippen molar-refractivity contribution in [2.75, 3.05) is 13.2 Å². The summed E-state index contributed by atoms with van der Waals surface area (Å²) >= 11 is 0. The summed E-state index contributed by atoms with van der Waals surface area (Å²) in [4.78, 5) is 37.9. The number of rotatable bonds is 46.